The van der Waals surface area contributed by atoms with Crippen LogP contribution in [0.1, 0.15) is 49.2 Å². The fourth-order valence-corrected chi connectivity index (χ4v) is 2.49. The summed E-state index contributed by atoms with van der Waals surface area (Å²) in [5.41, 5.74) is 1.03. The molecule has 0 bridgehead atoms. The van der Waals surface area contributed by atoms with Crippen molar-refractivity contribution in [3.05, 3.63) is 17.5 Å². The molecule has 5 heteroatoms. The van der Waals surface area contributed by atoms with Crippen LogP contribution >= 0.6 is 0 Å². The lowest BCUT2D eigenvalue weighted by Crippen LogP contribution is -2.19. The fourth-order valence-electron chi connectivity index (χ4n) is 2.49. The lowest BCUT2D eigenvalue weighted by Gasteiger charge is -2.18. The maximum Gasteiger partial charge on any atom is 0.339 e. The standard InChI is InChI=1S/C13H19N3O2/c1-8-10(11(17)18)7-14-12(15-8)16-9-4-5-13(2,3)6-9/h7,9H,4-6H2,1-3H3,(H,17,18)(H,14,15,16). The van der Waals surface area contributed by atoms with Gasteiger partial charge in [0.25, 0.3) is 0 Å². The van der Waals surface area contributed by atoms with Gasteiger partial charge < -0.3 is 10.4 Å². The number of aromatic carboxylic acids is 1. The molecule has 0 aliphatic heterocycles. The van der Waals surface area contributed by atoms with Crippen molar-refractivity contribution >= 4 is 11.9 Å². The van der Waals surface area contributed by atoms with Crippen LogP contribution in [0.5, 0.6) is 0 Å². The number of anilines is 1. The van der Waals surface area contributed by atoms with E-state index in [-0.39, 0.29) is 5.56 Å². The quantitative estimate of drug-likeness (QED) is 0.860. The molecule has 1 saturated carbocycles. The Bertz CT molecular complexity index is 471. The number of aryl methyl sites for hydroxylation is 1. The summed E-state index contributed by atoms with van der Waals surface area (Å²) in [6.07, 6.45) is 4.76. The molecule has 2 rings (SSSR count). The van der Waals surface area contributed by atoms with Gasteiger partial charge in [-0.15, -0.1) is 0 Å². The Balaban J connectivity index is 2.07. The Hall–Kier alpha value is -1.65. The molecular weight excluding hydrogens is 230 g/mol. The summed E-state index contributed by atoms with van der Waals surface area (Å²) in [5.74, 6) is -0.457. The van der Waals surface area contributed by atoms with Gasteiger partial charge in [-0.1, -0.05) is 13.8 Å². The molecule has 1 fully saturated rings. The van der Waals surface area contributed by atoms with Crippen molar-refractivity contribution in [3.63, 3.8) is 0 Å². The Kier molecular flexibility index (Phi) is 3.24. The molecule has 5 nitrogen and oxygen atoms in total. The van der Waals surface area contributed by atoms with Crippen molar-refractivity contribution in [3.8, 4) is 0 Å². The summed E-state index contributed by atoms with van der Waals surface area (Å²) in [6.45, 7) is 6.21. The summed E-state index contributed by atoms with van der Waals surface area (Å²) in [7, 11) is 0. The summed E-state index contributed by atoms with van der Waals surface area (Å²) in [6, 6.07) is 0.384. The first kappa shape index (κ1) is 12.8. The number of hydrogen-bond donors (Lipinski definition) is 2. The van der Waals surface area contributed by atoms with Gasteiger partial charge in [0.15, 0.2) is 0 Å². The van der Waals surface area contributed by atoms with Crippen LogP contribution in [0.25, 0.3) is 0 Å². The zero-order valence-corrected chi connectivity index (χ0v) is 11.0. The molecule has 1 atom stereocenters. The van der Waals surface area contributed by atoms with E-state index in [0.717, 1.165) is 12.8 Å². The van der Waals surface area contributed by atoms with Crippen molar-refractivity contribution in [2.75, 3.05) is 5.32 Å². The Morgan fingerprint density at radius 2 is 2.28 bits per heavy atom. The molecular formula is C13H19N3O2. The van der Waals surface area contributed by atoms with E-state index in [0.29, 0.717) is 23.1 Å². The largest absolute Gasteiger partial charge is 0.478 e. The van der Waals surface area contributed by atoms with E-state index >= 15 is 0 Å². The maximum absolute atomic E-state index is 10.9. The summed E-state index contributed by atoms with van der Waals surface area (Å²) in [4.78, 5) is 19.1. The van der Waals surface area contributed by atoms with E-state index in [9.17, 15) is 4.79 Å². The predicted molar refractivity (Wildman–Crippen MR) is 68.8 cm³/mol. The van der Waals surface area contributed by atoms with Crippen molar-refractivity contribution < 1.29 is 9.90 Å². The zero-order chi connectivity index (χ0) is 13.3. The first-order chi connectivity index (χ1) is 8.37. The second-order valence-corrected chi connectivity index (χ2v) is 5.75. The summed E-state index contributed by atoms with van der Waals surface area (Å²) in [5, 5.41) is 12.2. The molecule has 2 N–H and O–H groups in total. The molecule has 1 heterocycles. The Labute approximate surface area is 107 Å². The van der Waals surface area contributed by atoms with Gasteiger partial charge in [0.2, 0.25) is 5.95 Å². The van der Waals surface area contributed by atoms with Crippen LogP contribution in [-0.2, 0) is 0 Å². The summed E-state index contributed by atoms with van der Waals surface area (Å²) >= 11 is 0. The Morgan fingerprint density at radius 1 is 1.56 bits per heavy atom. The first-order valence-corrected chi connectivity index (χ1v) is 6.21. The van der Waals surface area contributed by atoms with Gasteiger partial charge in [0.05, 0.1) is 11.3 Å². The first-order valence-electron chi connectivity index (χ1n) is 6.21. The third-order valence-corrected chi connectivity index (χ3v) is 3.51. The number of nitrogens with zero attached hydrogens (tertiary/aromatic N) is 2. The number of hydrogen-bond acceptors (Lipinski definition) is 4. The Morgan fingerprint density at radius 3 is 2.78 bits per heavy atom. The molecule has 0 saturated heterocycles. The van der Waals surface area contributed by atoms with Gasteiger partial charge in [0.1, 0.15) is 0 Å². The fraction of sp³-hybridized carbons (Fsp3) is 0.615. The molecule has 0 radical (unpaired) electrons. The number of carboxylic acids is 1. The van der Waals surface area contributed by atoms with Gasteiger partial charge in [0, 0.05) is 12.2 Å². The molecule has 98 valence electrons. The lowest BCUT2D eigenvalue weighted by atomic mass is 9.92. The minimum absolute atomic E-state index is 0.160. The molecule has 18 heavy (non-hydrogen) atoms. The van der Waals surface area contributed by atoms with E-state index in [1.54, 1.807) is 6.92 Å². The van der Waals surface area contributed by atoms with Crippen molar-refractivity contribution in [2.45, 2.75) is 46.1 Å². The third kappa shape index (κ3) is 2.78. The van der Waals surface area contributed by atoms with Crippen molar-refractivity contribution in [2.24, 2.45) is 5.41 Å². The molecule has 1 aliphatic rings. The van der Waals surface area contributed by atoms with Gasteiger partial charge in [-0.25, -0.2) is 14.8 Å². The zero-order valence-electron chi connectivity index (χ0n) is 11.0. The van der Waals surface area contributed by atoms with Crippen molar-refractivity contribution in [1.29, 1.82) is 0 Å². The van der Waals surface area contributed by atoms with Crippen LogP contribution in [-0.4, -0.2) is 27.1 Å². The normalized spacial score (nSPS) is 21.8. The number of aromatic nitrogens is 2. The topological polar surface area (TPSA) is 75.1 Å². The van der Waals surface area contributed by atoms with Gasteiger partial charge in [-0.2, -0.15) is 0 Å². The van der Waals surface area contributed by atoms with E-state index in [2.05, 4.69) is 29.1 Å². The van der Waals surface area contributed by atoms with Crippen LogP contribution in [0.4, 0.5) is 5.95 Å². The van der Waals surface area contributed by atoms with Crippen molar-refractivity contribution in [1.82, 2.24) is 9.97 Å². The molecule has 1 aromatic heterocycles. The third-order valence-electron chi connectivity index (χ3n) is 3.51. The monoisotopic (exact) mass is 249 g/mol. The minimum Gasteiger partial charge on any atom is -0.478 e. The van der Waals surface area contributed by atoms with Crippen LogP contribution in [0.15, 0.2) is 6.20 Å². The van der Waals surface area contributed by atoms with E-state index in [1.165, 1.54) is 12.6 Å². The lowest BCUT2D eigenvalue weighted by molar-refractivity contribution is 0.0695. The average Bonchev–Trinajstić information content (AvgIpc) is 2.57. The van der Waals surface area contributed by atoms with E-state index in [4.69, 9.17) is 5.11 Å². The highest BCUT2D eigenvalue weighted by atomic mass is 16.4. The second kappa shape index (κ2) is 4.55. The average molecular weight is 249 g/mol. The van der Waals surface area contributed by atoms with Gasteiger partial charge in [-0.05, 0) is 31.6 Å². The number of carbonyl (C=O) groups is 1. The minimum atomic E-state index is -0.985. The van der Waals surface area contributed by atoms with Crippen LogP contribution < -0.4 is 5.32 Å². The number of nitrogens with one attached hydrogen (secondary N) is 1. The molecule has 1 aromatic rings. The molecule has 1 unspecified atom stereocenters. The molecule has 0 spiro atoms. The molecule has 1 aliphatic carbocycles. The molecule has 0 aromatic carbocycles. The summed E-state index contributed by atoms with van der Waals surface area (Å²) < 4.78 is 0. The van der Waals surface area contributed by atoms with E-state index < -0.39 is 5.97 Å². The van der Waals surface area contributed by atoms with Gasteiger partial charge in [-0.3, -0.25) is 0 Å². The second-order valence-electron chi connectivity index (χ2n) is 5.75. The van der Waals surface area contributed by atoms with Crippen LogP contribution in [0.2, 0.25) is 0 Å². The predicted octanol–water partition coefficient (Wildman–Crippen LogP) is 2.47. The SMILES string of the molecule is Cc1nc(NC2CCC(C)(C)C2)ncc1C(=O)O. The molecule has 0 amide bonds. The van der Waals surface area contributed by atoms with Gasteiger partial charge >= 0.3 is 5.97 Å². The highest BCUT2D eigenvalue weighted by Gasteiger charge is 2.31. The smallest absolute Gasteiger partial charge is 0.339 e. The van der Waals surface area contributed by atoms with Crippen LogP contribution in [0, 0.1) is 12.3 Å². The number of rotatable bonds is 3. The van der Waals surface area contributed by atoms with E-state index in [1.807, 2.05) is 0 Å². The highest BCUT2D eigenvalue weighted by molar-refractivity contribution is 5.88. The maximum atomic E-state index is 10.9. The van der Waals surface area contributed by atoms with Crippen LogP contribution in [0.3, 0.4) is 0 Å². The highest BCUT2D eigenvalue weighted by Crippen LogP contribution is 2.37. The number of carboxylic acid groups (broad SMARTS) is 1.